The van der Waals surface area contributed by atoms with Crippen molar-refractivity contribution in [2.24, 2.45) is 5.10 Å². The number of carbonyl (C=O) groups excluding carboxylic acids is 1. The summed E-state index contributed by atoms with van der Waals surface area (Å²) in [5.74, 6) is 0.969. The molecule has 0 atom stereocenters. The van der Waals surface area contributed by atoms with Crippen molar-refractivity contribution in [2.75, 3.05) is 13.7 Å². The quantitative estimate of drug-likeness (QED) is 0.192. The first-order valence-electron chi connectivity index (χ1n) is 11.2. The zero-order chi connectivity index (χ0) is 25.5. The highest BCUT2D eigenvalue weighted by molar-refractivity contribution is 6.32. The van der Waals surface area contributed by atoms with Gasteiger partial charge in [-0.05, 0) is 65.2 Å². The van der Waals surface area contributed by atoms with Gasteiger partial charge in [0.2, 0.25) is 0 Å². The number of nitrogens with one attached hydrogen (secondary N) is 1. The standard InChI is InChI=1S/C28H24Cl2N2O4/c1-3-35-26-13-19(12-24(30)27(26)36-17-18-8-10-22(29)11-9-18)16-31-32-28(33)23-14-20-6-4-5-7-21(20)15-25(23)34-2/h4-16H,3,17H2,1-2H3,(H,32,33)/b31-16-. The molecule has 1 amide bonds. The van der Waals surface area contributed by atoms with Crippen molar-refractivity contribution in [2.45, 2.75) is 13.5 Å². The average Bonchev–Trinajstić information content (AvgIpc) is 2.88. The maximum absolute atomic E-state index is 12.8. The molecule has 1 N–H and O–H groups in total. The third-order valence-corrected chi connectivity index (χ3v) is 5.85. The normalized spacial score (nSPS) is 11.0. The molecule has 0 aliphatic carbocycles. The van der Waals surface area contributed by atoms with E-state index in [4.69, 9.17) is 37.4 Å². The Morgan fingerprint density at radius 3 is 2.36 bits per heavy atom. The summed E-state index contributed by atoms with van der Waals surface area (Å²) in [7, 11) is 1.53. The zero-order valence-corrected chi connectivity index (χ0v) is 21.3. The molecule has 0 unspecified atom stereocenters. The lowest BCUT2D eigenvalue weighted by atomic mass is 10.1. The van der Waals surface area contributed by atoms with Gasteiger partial charge in [0.1, 0.15) is 12.4 Å². The summed E-state index contributed by atoms with van der Waals surface area (Å²) >= 11 is 12.4. The highest BCUT2D eigenvalue weighted by Gasteiger charge is 2.15. The summed E-state index contributed by atoms with van der Waals surface area (Å²) in [5.41, 5.74) is 4.50. The van der Waals surface area contributed by atoms with E-state index in [9.17, 15) is 4.79 Å². The maximum Gasteiger partial charge on any atom is 0.275 e. The first kappa shape index (κ1) is 25.4. The number of hydrogen-bond donors (Lipinski definition) is 1. The number of benzene rings is 4. The first-order chi connectivity index (χ1) is 17.5. The molecule has 0 aliphatic heterocycles. The molecule has 0 fully saturated rings. The van der Waals surface area contributed by atoms with Crippen LogP contribution in [0.1, 0.15) is 28.4 Å². The number of methoxy groups -OCH3 is 1. The molecule has 0 aliphatic rings. The minimum absolute atomic E-state index is 0.300. The number of hydrazone groups is 1. The summed E-state index contributed by atoms with van der Waals surface area (Å²) in [6.45, 7) is 2.59. The Labute approximate surface area is 219 Å². The molecule has 0 spiro atoms. The number of carbonyl (C=O) groups is 1. The van der Waals surface area contributed by atoms with Gasteiger partial charge in [0.25, 0.3) is 5.91 Å². The molecule has 6 nitrogen and oxygen atoms in total. The van der Waals surface area contributed by atoms with E-state index >= 15 is 0 Å². The molecule has 184 valence electrons. The van der Waals surface area contributed by atoms with Crippen molar-refractivity contribution in [3.63, 3.8) is 0 Å². The lowest BCUT2D eigenvalue weighted by molar-refractivity contribution is 0.0952. The predicted octanol–water partition coefficient (Wildman–Crippen LogP) is 6.90. The number of ether oxygens (including phenoxy) is 3. The number of fused-ring (bicyclic) bond motifs is 1. The van der Waals surface area contributed by atoms with E-state index in [1.165, 1.54) is 13.3 Å². The highest BCUT2D eigenvalue weighted by Crippen LogP contribution is 2.37. The molecule has 0 heterocycles. The van der Waals surface area contributed by atoms with Crippen LogP contribution in [0.2, 0.25) is 10.0 Å². The number of hydrogen-bond acceptors (Lipinski definition) is 5. The van der Waals surface area contributed by atoms with Crippen LogP contribution in [0.5, 0.6) is 17.2 Å². The van der Waals surface area contributed by atoms with Crippen LogP contribution in [-0.2, 0) is 6.61 Å². The van der Waals surface area contributed by atoms with Gasteiger partial charge in [0.05, 0.1) is 30.5 Å². The summed E-state index contributed by atoms with van der Waals surface area (Å²) in [6, 6.07) is 22.1. The van der Waals surface area contributed by atoms with Crippen LogP contribution in [-0.4, -0.2) is 25.8 Å². The predicted molar refractivity (Wildman–Crippen MR) is 144 cm³/mol. The van der Waals surface area contributed by atoms with Crippen LogP contribution < -0.4 is 19.6 Å². The number of amides is 1. The molecular formula is C28H24Cl2N2O4. The van der Waals surface area contributed by atoms with Gasteiger partial charge in [-0.15, -0.1) is 0 Å². The molecule has 36 heavy (non-hydrogen) atoms. The summed E-state index contributed by atoms with van der Waals surface area (Å²) in [6.07, 6.45) is 1.49. The highest BCUT2D eigenvalue weighted by atomic mass is 35.5. The Bertz CT molecular complexity index is 1410. The van der Waals surface area contributed by atoms with Crippen molar-refractivity contribution in [1.82, 2.24) is 5.43 Å². The molecule has 4 aromatic rings. The van der Waals surface area contributed by atoms with Gasteiger partial charge in [-0.25, -0.2) is 5.43 Å². The van der Waals surface area contributed by atoms with Crippen molar-refractivity contribution >= 4 is 46.1 Å². The van der Waals surface area contributed by atoms with E-state index in [0.717, 1.165) is 16.3 Å². The van der Waals surface area contributed by atoms with Crippen molar-refractivity contribution < 1.29 is 19.0 Å². The van der Waals surface area contributed by atoms with Crippen molar-refractivity contribution in [3.8, 4) is 17.2 Å². The minimum Gasteiger partial charge on any atom is -0.496 e. The van der Waals surface area contributed by atoms with Gasteiger partial charge in [-0.2, -0.15) is 5.10 Å². The van der Waals surface area contributed by atoms with Gasteiger partial charge < -0.3 is 14.2 Å². The summed E-state index contributed by atoms with van der Waals surface area (Å²) in [5, 5.41) is 7.02. The molecule has 0 saturated heterocycles. The fourth-order valence-electron chi connectivity index (χ4n) is 3.59. The Hall–Kier alpha value is -3.74. The Morgan fingerprint density at radius 1 is 0.944 bits per heavy atom. The SMILES string of the molecule is CCOc1cc(/C=N\NC(=O)c2cc3ccccc3cc2OC)cc(Cl)c1OCc1ccc(Cl)cc1. The molecule has 4 aromatic carbocycles. The molecule has 8 heteroatoms. The molecule has 0 aromatic heterocycles. The van der Waals surface area contributed by atoms with Crippen LogP contribution in [0, 0.1) is 0 Å². The van der Waals surface area contributed by atoms with E-state index in [0.29, 0.717) is 51.6 Å². The van der Waals surface area contributed by atoms with E-state index in [1.54, 1.807) is 30.3 Å². The summed E-state index contributed by atoms with van der Waals surface area (Å²) < 4.78 is 17.1. The van der Waals surface area contributed by atoms with Gasteiger partial charge in [-0.1, -0.05) is 59.6 Å². The second-order valence-corrected chi connectivity index (χ2v) is 8.62. The molecular weight excluding hydrogens is 499 g/mol. The number of halogens is 2. The van der Waals surface area contributed by atoms with Crippen LogP contribution in [0.4, 0.5) is 0 Å². The van der Waals surface area contributed by atoms with E-state index in [-0.39, 0.29) is 0 Å². The summed E-state index contributed by atoms with van der Waals surface area (Å²) in [4.78, 5) is 12.8. The Balaban J connectivity index is 1.50. The van der Waals surface area contributed by atoms with Crippen LogP contribution in [0.15, 0.2) is 77.9 Å². The number of rotatable bonds is 9. The molecule has 0 bridgehead atoms. The van der Waals surface area contributed by atoms with Gasteiger partial charge in [0.15, 0.2) is 11.5 Å². The molecule has 4 rings (SSSR count). The second-order valence-electron chi connectivity index (χ2n) is 7.78. The topological polar surface area (TPSA) is 69.2 Å². The third-order valence-electron chi connectivity index (χ3n) is 5.32. The monoisotopic (exact) mass is 522 g/mol. The smallest absolute Gasteiger partial charge is 0.275 e. The first-order valence-corrected chi connectivity index (χ1v) is 12.0. The Kier molecular flexibility index (Phi) is 8.31. The lowest BCUT2D eigenvalue weighted by Gasteiger charge is -2.14. The average molecular weight is 523 g/mol. The van der Waals surface area contributed by atoms with Crippen LogP contribution >= 0.6 is 23.2 Å². The minimum atomic E-state index is -0.395. The lowest BCUT2D eigenvalue weighted by Crippen LogP contribution is -2.18. The third kappa shape index (κ3) is 6.08. The van der Waals surface area contributed by atoms with Gasteiger partial charge in [-0.3, -0.25) is 4.79 Å². The largest absolute Gasteiger partial charge is 0.496 e. The van der Waals surface area contributed by atoms with Crippen molar-refractivity contribution in [1.29, 1.82) is 0 Å². The van der Waals surface area contributed by atoms with Crippen LogP contribution in [0.25, 0.3) is 10.8 Å². The van der Waals surface area contributed by atoms with E-state index < -0.39 is 5.91 Å². The van der Waals surface area contributed by atoms with E-state index in [2.05, 4.69) is 10.5 Å². The fourth-order valence-corrected chi connectivity index (χ4v) is 3.99. The molecule has 0 saturated carbocycles. The molecule has 0 radical (unpaired) electrons. The Morgan fingerprint density at radius 2 is 1.67 bits per heavy atom. The zero-order valence-electron chi connectivity index (χ0n) is 19.8. The van der Waals surface area contributed by atoms with Crippen molar-refractivity contribution in [3.05, 3.63) is 99.5 Å². The maximum atomic E-state index is 12.8. The van der Waals surface area contributed by atoms with E-state index in [1.807, 2.05) is 49.4 Å². The second kappa shape index (κ2) is 11.8. The van der Waals surface area contributed by atoms with Crippen LogP contribution in [0.3, 0.4) is 0 Å². The van der Waals surface area contributed by atoms with Gasteiger partial charge in [0, 0.05) is 5.02 Å². The number of nitrogens with zero attached hydrogens (tertiary/aromatic N) is 1. The fraction of sp³-hybridized carbons (Fsp3) is 0.143. The van der Waals surface area contributed by atoms with Gasteiger partial charge >= 0.3 is 0 Å².